The third-order valence-corrected chi connectivity index (χ3v) is 2.73. The van der Waals surface area contributed by atoms with Crippen LogP contribution in [0.15, 0.2) is 18.5 Å². The summed E-state index contributed by atoms with van der Waals surface area (Å²) in [6, 6.07) is 3.82. The highest BCUT2D eigenvalue weighted by atomic mass is 16.5. The number of aromatic nitrogens is 3. The van der Waals surface area contributed by atoms with E-state index in [0.717, 1.165) is 5.56 Å². The molecule has 96 valence electrons. The van der Waals surface area contributed by atoms with E-state index in [0.29, 0.717) is 17.1 Å². The molecule has 2 aromatic heterocycles. The van der Waals surface area contributed by atoms with Gasteiger partial charge in [-0.05, 0) is 18.6 Å². The molecule has 0 saturated heterocycles. The van der Waals surface area contributed by atoms with E-state index in [9.17, 15) is 4.79 Å². The van der Waals surface area contributed by atoms with Crippen LogP contribution in [0.4, 0.5) is 0 Å². The van der Waals surface area contributed by atoms with Crippen molar-refractivity contribution in [2.75, 3.05) is 7.11 Å². The predicted octanol–water partition coefficient (Wildman–Crippen LogP) is 1.45. The Balaban J connectivity index is 2.48. The third kappa shape index (κ3) is 2.31. The van der Waals surface area contributed by atoms with E-state index in [1.54, 1.807) is 23.9 Å². The van der Waals surface area contributed by atoms with Gasteiger partial charge < -0.3 is 9.30 Å². The normalized spacial score (nSPS) is 10.0. The number of carbonyl (C=O) groups is 1. The lowest BCUT2D eigenvalue weighted by Gasteiger charge is -2.02. The Kier molecular flexibility index (Phi) is 3.29. The summed E-state index contributed by atoms with van der Waals surface area (Å²) < 4.78 is 6.32. The average molecular weight is 256 g/mol. The molecule has 0 aromatic carbocycles. The molecule has 0 spiro atoms. The van der Waals surface area contributed by atoms with Gasteiger partial charge in [0.1, 0.15) is 11.8 Å². The van der Waals surface area contributed by atoms with Gasteiger partial charge >= 0.3 is 5.97 Å². The Labute approximate surface area is 110 Å². The second kappa shape index (κ2) is 4.90. The summed E-state index contributed by atoms with van der Waals surface area (Å²) in [5.74, 6) is 0.0557. The summed E-state index contributed by atoms with van der Waals surface area (Å²) in [7, 11) is 3.07. The number of pyridine rings is 1. The number of ether oxygens (including phenoxy) is 1. The maximum Gasteiger partial charge on any atom is 0.358 e. The number of aryl methyl sites for hydroxylation is 2. The number of nitrogens with zero attached hydrogens (tertiary/aromatic N) is 4. The maximum absolute atomic E-state index is 11.4. The van der Waals surface area contributed by atoms with Gasteiger partial charge in [0.15, 0.2) is 11.5 Å². The third-order valence-electron chi connectivity index (χ3n) is 2.73. The van der Waals surface area contributed by atoms with E-state index >= 15 is 0 Å². The zero-order valence-electron chi connectivity index (χ0n) is 10.8. The molecule has 0 aliphatic rings. The molecule has 0 aliphatic heterocycles. The van der Waals surface area contributed by atoms with Crippen LogP contribution in [0.25, 0.3) is 11.5 Å². The quantitative estimate of drug-likeness (QED) is 0.759. The number of hydrogen-bond donors (Lipinski definition) is 0. The summed E-state index contributed by atoms with van der Waals surface area (Å²) >= 11 is 0. The summed E-state index contributed by atoms with van der Waals surface area (Å²) in [4.78, 5) is 19.8. The summed E-state index contributed by atoms with van der Waals surface area (Å²) in [6.45, 7) is 1.83. The van der Waals surface area contributed by atoms with Gasteiger partial charge in [0.25, 0.3) is 0 Å². The van der Waals surface area contributed by atoms with Crippen LogP contribution >= 0.6 is 0 Å². The lowest BCUT2D eigenvalue weighted by atomic mass is 10.1. The molecular formula is C13H12N4O2. The number of rotatable bonds is 2. The first-order chi connectivity index (χ1) is 9.06. The molecule has 0 saturated carbocycles. The minimum atomic E-state index is -0.493. The van der Waals surface area contributed by atoms with Crippen LogP contribution < -0.4 is 0 Å². The fraction of sp³-hybridized carbons (Fsp3) is 0.231. The first-order valence-electron chi connectivity index (χ1n) is 5.55. The lowest BCUT2D eigenvalue weighted by molar-refractivity contribution is 0.0594. The molecule has 6 nitrogen and oxygen atoms in total. The van der Waals surface area contributed by atoms with Gasteiger partial charge in [-0.25, -0.2) is 9.78 Å². The SMILES string of the molecule is COC(=O)c1cn(C)c(-c2cc(C)c(C#N)cn2)n1. The van der Waals surface area contributed by atoms with Crippen molar-refractivity contribution in [1.29, 1.82) is 5.26 Å². The van der Waals surface area contributed by atoms with Gasteiger partial charge in [-0.2, -0.15) is 5.26 Å². The predicted molar refractivity (Wildman–Crippen MR) is 67.2 cm³/mol. The van der Waals surface area contributed by atoms with E-state index < -0.39 is 5.97 Å². The number of methoxy groups -OCH3 is 1. The molecule has 2 aromatic rings. The fourth-order valence-electron chi connectivity index (χ4n) is 1.70. The second-order valence-electron chi connectivity index (χ2n) is 4.05. The first-order valence-corrected chi connectivity index (χ1v) is 5.55. The van der Waals surface area contributed by atoms with Crippen molar-refractivity contribution >= 4 is 5.97 Å². The highest BCUT2D eigenvalue weighted by Gasteiger charge is 2.15. The van der Waals surface area contributed by atoms with Crippen LogP contribution in [0.3, 0.4) is 0 Å². The van der Waals surface area contributed by atoms with Gasteiger partial charge in [-0.1, -0.05) is 0 Å². The zero-order chi connectivity index (χ0) is 14.0. The van der Waals surface area contributed by atoms with Gasteiger partial charge in [-0.15, -0.1) is 0 Å². The molecule has 0 fully saturated rings. The second-order valence-corrected chi connectivity index (χ2v) is 4.05. The molecule has 0 unspecified atom stereocenters. The Morgan fingerprint density at radius 1 is 1.53 bits per heavy atom. The molecule has 0 bridgehead atoms. The summed E-state index contributed by atoms with van der Waals surface area (Å²) in [5, 5.41) is 8.87. The number of imidazole rings is 1. The summed E-state index contributed by atoms with van der Waals surface area (Å²) in [5.41, 5.74) is 2.17. The topological polar surface area (TPSA) is 80.8 Å². The molecule has 0 amide bonds. The fourth-order valence-corrected chi connectivity index (χ4v) is 1.70. The highest BCUT2D eigenvalue weighted by Crippen LogP contribution is 2.18. The van der Waals surface area contributed by atoms with Crippen LogP contribution in [0.5, 0.6) is 0 Å². The van der Waals surface area contributed by atoms with E-state index in [4.69, 9.17) is 5.26 Å². The largest absolute Gasteiger partial charge is 0.464 e. The van der Waals surface area contributed by atoms with Crippen LogP contribution in [0.2, 0.25) is 0 Å². The van der Waals surface area contributed by atoms with Crippen molar-refractivity contribution in [3.05, 3.63) is 35.3 Å². The van der Waals surface area contributed by atoms with Crippen molar-refractivity contribution < 1.29 is 9.53 Å². The number of carbonyl (C=O) groups excluding carboxylic acids is 1. The van der Waals surface area contributed by atoms with Gasteiger partial charge in [-0.3, -0.25) is 4.98 Å². The van der Waals surface area contributed by atoms with Crippen molar-refractivity contribution in [3.63, 3.8) is 0 Å². The number of hydrogen-bond acceptors (Lipinski definition) is 5. The number of nitriles is 1. The van der Waals surface area contributed by atoms with Crippen molar-refractivity contribution in [2.24, 2.45) is 7.05 Å². The van der Waals surface area contributed by atoms with Gasteiger partial charge in [0, 0.05) is 19.4 Å². The Morgan fingerprint density at radius 3 is 2.84 bits per heavy atom. The van der Waals surface area contributed by atoms with Crippen LogP contribution in [0, 0.1) is 18.3 Å². The molecule has 0 atom stereocenters. The highest BCUT2D eigenvalue weighted by molar-refractivity contribution is 5.87. The minimum Gasteiger partial charge on any atom is -0.464 e. The molecule has 19 heavy (non-hydrogen) atoms. The van der Waals surface area contributed by atoms with Crippen LogP contribution in [-0.2, 0) is 11.8 Å². The smallest absolute Gasteiger partial charge is 0.358 e. The van der Waals surface area contributed by atoms with Crippen LogP contribution in [-0.4, -0.2) is 27.6 Å². The number of esters is 1. The van der Waals surface area contributed by atoms with E-state index in [2.05, 4.69) is 20.8 Å². The standard InChI is InChI=1S/C13H12N4O2/c1-8-4-10(15-6-9(8)5-14)12-16-11(7-17(12)2)13(18)19-3/h4,6-7H,1-3H3. The zero-order valence-corrected chi connectivity index (χ0v) is 10.8. The van der Waals surface area contributed by atoms with Crippen LogP contribution in [0.1, 0.15) is 21.6 Å². The first kappa shape index (κ1) is 12.8. The molecule has 0 radical (unpaired) electrons. The van der Waals surface area contributed by atoms with Crippen molar-refractivity contribution in [1.82, 2.24) is 14.5 Å². The average Bonchev–Trinajstić information content (AvgIpc) is 2.80. The lowest BCUT2D eigenvalue weighted by Crippen LogP contribution is -2.01. The van der Waals surface area contributed by atoms with Crippen molar-refractivity contribution in [3.8, 4) is 17.6 Å². The van der Waals surface area contributed by atoms with E-state index in [1.165, 1.54) is 13.3 Å². The maximum atomic E-state index is 11.4. The Bertz CT molecular complexity index is 682. The Hall–Kier alpha value is -2.68. The van der Waals surface area contributed by atoms with Gasteiger partial charge in [0.05, 0.1) is 12.7 Å². The monoisotopic (exact) mass is 256 g/mol. The molecule has 0 aliphatic carbocycles. The van der Waals surface area contributed by atoms with Gasteiger partial charge in [0.2, 0.25) is 0 Å². The van der Waals surface area contributed by atoms with Crippen molar-refractivity contribution in [2.45, 2.75) is 6.92 Å². The minimum absolute atomic E-state index is 0.226. The molecule has 2 rings (SSSR count). The molecule has 6 heteroatoms. The molecular weight excluding hydrogens is 244 g/mol. The molecule has 2 heterocycles. The molecule has 0 N–H and O–H groups in total. The van der Waals surface area contributed by atoms with E-state index in [1.807, 2.05) is 6.92 Å². The Morgan fingerprint density at radius 2 is 2.26 bits per heavy atom. The summed E-state index contributed by atoms with van der Waals surface area (Å²) in [6.07, 6.45) is 3.08. The van der Waals surface area contributed by atoms with E-state index in [-0.39, 0.29) is 5.69 Å².